The Morgan fingerprint density at radius 3 is 2.33 bits per heavy atom. The van der Waals surface area contributed by atoms with E-state index in [1.165, 1.54) is 6.07 Å². The highest BCUT2D eigenvalue weighted by atomic mass is 19.4. The fraction of sp³-hybridized carbons (Fsp3) is 0.533. The first-order valence-electron chi connectivity index (χ1n) is 7.67. The molecule has 3 rings (SSSR count). The Kier molecular flexibility index (Phi) is 4.44. The van der Waals surface area contributed by atoms with E-state index in [9.17, 15) is 13.2 Å². The van der Waals surface area contributed by atoms with Crippen molar-refractivity contribution in [1.82, 2.24) is 20.1 Å². The summed E-state index contributed by atoms with van der Waals surface area (Å²) in [7, 11) is 0. The fourth-order valence-corrected chi connectivity index (χ4v) is 2.72. The van der Waals surface area contributed by atoms with Gasteiger partial charge in [-0.1, -0.05) is 0 Å². The Labute approximate surface area is 137 Å². The summed E-state index contributed by atoms with van der Waals surface area (Å²) in [6.07, 6.45) is -3.48. The van der Waals surface area contributed by atoms with Crippen molar-refractivity contribution in [1.29, 1.82) is 0 Å². The van der Waals surface area contributed by atoms with E-state index in [2.05, 4.69) is 20.1 Å². The molecule has 130 valence electrons. The molecule has 1 fully saturated rings. The van der Waals surface area contributed by atoms with Gasteiger partial charge in [-0.3, -0.25) is 4.90 Å². The summed E-state index contributed by atoms with van der Waals surface area (Å²) < 4.78 is 43.2. The zero-order valence-corrected chi connectivity index (χ0v) is 13.4. The Bertz CT molecular complexity index is 677. The Balaban J connectivity index is 1.60. The van der Waals surface area contributed by atoms with Crippen LogP contribution < -0.4 is 4.90 Å². The van der Waals surface area contributed by atoms with E-state index in [-0.39, 0.29) is 6.04 Å². The van der Waals surface area contributed by atoms with E-state index in [0.717, 1.165) is 25.4 Å². The Hall–Kier alpha value is -2.16. The number of aryl methyl sites for hydroxylation is 1. The van der Waals surface area contributed by atoms with Gasteiger partial charge in [0.05, 0.1) is 11.6 Å². The molecule has 3 heterocycles. The van der Waals surface area contributed by atoms with Crippen LogP contribution >= 0.6 is 0 Å². The summed E-state index contributed by atoms with van der Waals surface area (Å²) >= 11 is 0. The molecule has 2 aromatic rings. The zero-order valence-electron chi connectivity index (χ0n) is 13.4. The minimum absolute atomic E-state index is 0.00825. The topological polar surface area (TPSA) is 58.3 Å². The average molecular weight is 341 g/mol. The molecule has 1 unspecified atom stereocenters. The van der Waals surface area contributed by atoms with Gasteiger partial charge in [0.1, 0.15) is 5.82 Å². The summed E-state index contributed by atoms with van der Waals surface area (Å²) in [6.45, 7) is 6.58. The highest BCUT2D eigenvalue weighted by Gasteiger charge is 2.31. The molecular weight excluding hydrogens is 323 g/mol. The molecule has 0 aliphatic carbocycles. The molecule has 1 aliphatic rings. The van der Waals surface area contributed by atoms with Crippen molar-refractivity contribution >= 4 is 5.82 Å². The van der Waals surface area contributed by atoms with Crippen LogP contribution in [0, 0.1) is 6.92 Å². The first-order chi connectivity index (χ1) is 11.3. The normalized spacial score (nSPS) is 18.0. The summed E-state index contributed by atoms with van der Waals surface area (Å²) in [4.78, 5) is 8.12. The van der Waals surface area contributed by atoms with Gasteiger partial charge in [0, 0.05) is 39.3 Å². The molecule has 0 bridgehead atoms. The highest BCUT2D eigenvalue weighted by molar-refractivity contribution is 5.40. The van der Waals surface area contributed by atoms with Crippen molar-refractivity contribution in [3.63, 3.8) is 0 Å². The molecule has 0 aromatic carbocycles. The maximum absolute atomic E-state index is 12.6. The number of hydrogen-bond acceptors (Lipinski definition) is 6. The lowest BCUT2D eigenvalue weighted by molar-refractivity contribution is -0.137. The minimum atomic E-state index is -4.36. The average Bonchev–Trinajstić information content (AvgIpc) is 3.00. The Morgan fingerprint density at radius 2 is 1.83 bits per heavy atom. The number of rotatable bonds is 3. The molecule has 0 saturated carbocycles. The zero-order chi connectivity index (χ0) is 17.3. The van der Waals surface area contributed by atoms with Gasteiger partial charge in [0.2, 0.25) is 11.8 Å². The van der Waals surface area contributed by atoms with Crippen LogP contribution in [0.2, 0.25) is 0 Å². The molecule has 1 aliphatic heterocycles. The van der Waals surface area contributed by atoms with Crippen LogP contribution in [0.4, 0.5) is 19.0 Å². The molecule has 0 amide bonds. The first-order valence-corrected chi connectivity index (χ1v) is 7.67. The van der Waals surface area contributed by atoms with E-state index in [1.54, 1.807) is 6.92 Å². The van der Waals surface area contributed by atoms with E-state index >= 15 is 0 Å². The largest absolute Gasteiger partial charge is 0.424 e. The summed E-state index contributed by atoms with van der Waals surface area (Å²) in [5.74, 6) is 1.67. The van der Waals surface area contributed by atoms with Crippen molar-refractivity contribution < 1.29 is 17.6 Å². The van der Waals surface area contributed by atoms with Crippen molar-refractivity contribution in [2.75, 3.05) is 31.1 Å². The van der Waals surface area contributed by atoms with Crippen LogP contribution in [0.25, 0.3) is 0 Å². The number of halogens is 3. The maximum atomic E-state index is 12.6. The Morgan fingerprint density at radius 1 is 1.12 bits per heavy atom. The molecule has 9 heteroatoms. The van der Waals surface area contributed by atoms with Crippen molar-refractivity contribution in [3.8, 4) is 0 Å². The molecule has 0 N–H and O–H groups in total. The van der Waals surface area contributed by atoms with Gasteiger partial charge in [0.25, 0.3) is 0 Å². The van der Waals surface area contributed by atoms with Crippen LogP contribution in [0.15, 0.2) is 22.7 Å². The summed E-state index contributed by atoms with van der Waals surface area (Å²) in [6, 6.07) is 2.50. The van der Waals surface area contributed by atoms with Crippen LogP contribution in [-0.4, -0.2) is 46.3 Å². The van der Waals surface area contributed by atoms with E-state index < -0.39 is 11.7 Å². The lowest BCUT2D eigenvalue weighted by Gasteiger charge is -2.37. The smallest absolute Gasteiger partial charge is 0.417 e. The molecular formula is C15H18F3N5O. The lowest BCUT2D eigenvalue weighted by Crippen LogP contribution is -2.47. The van der Waals surface area contributed by atoms with Gasteiger partial charge in [-0.2, -0.15) is 13.2 Å². The van der Waals surface area contributed by atoms with Gasteiger partial charge in [-0.25, -0.2) is 4.98 Å². The second-order valence-corrected chi connectivity index (χ2v) is 5.76. The SMILES string of the molecule is Cc1nnc(C(C)N2CCN(c3ccc(C(F)(F)F)cn3)CC2)o1. The molecule has 1 saturated heterocycles. The standard InChI is InChI=1S/C15H18F3N5O/c1-10(14-21-20-11(2)24-14)22-5-7-23(8-6-22)13-4-3-12(9-19-13)15(16,17)18/h3-4,9-10H,5-8H2,1-2H3. The number of pyridine rings is 1. The number of aromatic nitrogens is 3. The minimum Gasteiger partial charge on any atom is -0.424 e. The number of nitrogens with zero attached hydrogens (tertiary/aromatic N) is 5. The molecule has 6 nitrogen and oxygen atoms in total. The quantitative estimate of drug-likeness (QED) is 0.855. The molecule has 24 heavy (non-hydrogen) atoms. The predicted octanol–water partition coefficient (Wildman–Crippen LogP) is 2.68. The monoisotopic (exact) mass is 341 g/mol. The van der Waals surface area contributed by atoms with Gasteiger partial charge < -0.3 is 9.32 Å². The molecule has 2 aromatic heterocycles. The van der Waals surface area contributed by atoms with Crippen molar-refractivity contribution in [2.24, 2.45) is 0 Å². The number of hydrogen-bond donors (Lipinski definition) is 0. The second-order valence-electron chi connectivity index (χ2n) is 5.76. The van der Waals surface area contributed by atoms with Gasteiger partial charge >= 0.3 is 6.18 Å². The van der Waals surface area contributed by atoms with Crippen LogP contribution in [0.1, 0.15) is 30.3 Å². The maximum Gasteiger partial charge on any atom is 0.417 e. The fourth-order valence-electron chi connectivity index (χ4n) is 2.72. The van der Waals surface area contributed by atoms with Gasteiger partial charge in [-0.05, 0) is 19.1 Å². The van der Waals surface area contributed by atoms with Gasteiger partial charge in [-0.15, -0.1) is 10.2 Å². The van der Waals surface area contributed by atoms with Crippen LogP contribution in [-0.2, 0) is 6.18 Å². The van der Waals surface area contributed by atoms with E-state index in [1.807, 2.05) is 11.8 Å². The van der Waals surface area contributed by atoms with Crippen LogP contribution in [0.3, 0.4) is 0 Å². The number of alkyl halides is 3. The third-order valence-electron chi connectivity index (χ3n) is 4.16. The molecule has 0 spiro atoms. The lowest BCUT2D eigenvalue weighted by atomic mass is 10.2. The third kappa shape index (κ3) is 3.50. The highest BCUT2D eigenvalue weighted by Crippen LogP contribution is 2.29. The number of anilines is 1. The predicted molar refractivity (Wildman–Crippen MR) is 80.5 cm³/mol. The second kappa shape index (κ2) is 6.39. The first kappa shape index (κ1) is 16.7. The molecule has 0 radical (unpaired) electrons. The van der Waals surface area contributed by atoms with E-state index in [4.69, 9.17) is 4.42 Å². The summed E-state index contributed by atoms with van der Waals surface area (Å²) in [5, 5.41) is 7.88. The van der Waals surface area contributed by atoms with Crippen LogP contribution in [0.5, 0.6) is 0 Å². The van der Waals surface area contributed by atoms with E-state index in [0.29, 0.717) is 30.7 Å². The third-order valence-corrected chi connectivity index (χ3v) is 4.16. The van der Waals surface area contributed by atoms with Gasteiger partial charge in [0.15, 0.2) is 0 Å². The van der Waals surface area contributed by atoms with Crippen molar-refractivity contribution in [3.05, 3.63) is 35.7 Å². The molecule has 1 atom stereocenters. The summed E-state index contributed by atoms with van der Waals surface area (Å²) in [5.41, 5.74) is -0.731. The van der Waals surface area contributed by atoms with Crippen molar-refractivity contribution in [2.45, 2.75) is 26.1 Å². The number of piperazine rings is 1.